The van der Waals surface area contributed by atoms with Crippen LogP contribution in [0.3, 0.4) is 0 Å². The third-order valence-corrected chi connectivity index (χ3v) is 6.20. The molecular formula is C26H31FN4O4. The van der Waals surface area contributed by atoms with Crippen LogP contribution in [0, 0.1) is 11.7 Å². The van der Waals surface area contributed by atoms with Gasteiger partial charge in [-0.2, -0.15) is 4.98 Å². The fourth-order valence-corrected chi connectivity index (χ4v) is 4.32. The number of piperidine rings is 1. The summed E-state index contributed by atoms with van der Waals surface area (Å²) in [5, 5.41) is 7.16. The van der Waals surface area contributed by atoms with Gasteiger partial charge in [-0.1, -0.05) is 17.3 Å². The zero-order valence-electron chi connectivity index (χ0n) is 20.1. The molecule has 1 saturated heterocycles. The van der Waals surface area contributed by atoms with Crippen molar-refractivity contribution in [2.75, 3.05) is 33.9 Å². The molecule has 0 bridgehead atoms. The second-order valence-electron chi connectivity index (χ2n) is 8.68. The molecule has 1 atom stereocenters. The lowest BCUT2D eigenvalue weighted by Gasteiger charge is -2.30. The van der Waals surface area contributed by atoms with E-state index in [0.29, 0.717) is 42.8 Å². The number of aryl methyl sites for hydroxylation is 1. The average molecular weight is 483 g/mol. The van der Waals surface area contributed by atoms with Gasteiger partial charge in [0, 0.05) is 18.7 Å². The average Bonchev–Trinajstić information content (AvgIpc) is 3.35. The molecule has 186 valence electrons. The van der Waals surface area contributed by atoms with E-state index in [1.165, 1.54) is 12.1 Å². The first-order valence-electron chi connectivity index (χ1n) is 11.8. The molecule has 1 N–H and O–H groups in total. The fraction of sp³-hybridized carbons (Fsp3) is 0.423. The molecule has 1 amide bonds. The van der Waals surface area contributed by atoms with Crippen LogP contribution in [0.25, 0.3) is 11.4 Å². The Morgan fingerprint density at radius 3 is 2.74 bits per heavy atom. The van der Waals surface area contributed by atoms with Gasteiger partial charge in [0.2, 0.25) is 17.6 Å². The summed E-state index contributed by atoms with van der Waals surface area (Å²) in [4.78, 5) is 19.4. The van der Waals surface area contributed by atoms with Crippen LogP contribution in [0.5, 0.6) is 11.5 Å². The lowest BCUT2D eigenvalue weighted by atomic mass is 9.97. The maximum Gasteiger partial charge on any atom is 0.241 e. The number of carbonyl (C=O) groups excluding carboxylic acids is 1. The Labute approximate surface area is 204 Å². The van der Waals surface area contributed by atoms with Crippen LogP contribution in [0.15, 0.2) is 47.0 Å². The van der Waals surface area contributed by atoms with E-state index >= 15 is 0 Å². The van der Waals surface area contributed by atoms with Gasteiger partial charge in [-0.25, -0.2) is 4.39 Å². The first kappa shape index (κ1) is 24.7. The zero-order chi connectivity index (χ0) is 24.6. The van der Waals surface area contributed by atoms with Crippen molar-refractivity contribution in [1.29, 1.82) is 0 Å². The highest BCUT2D eigenvalue weighted by molar-refractivity contribution is 5.78. The van der Waals surface area contributed by atoms with Crippen molar-refractivity contribution < 1.29 is 23.2 Å². The normalized spacial score (nSPS) is 16.1. The molecule has 3 aromatic rings. The van der Waals surface area contributed by atoms with Crippen molar-refractivity contribution in [1.82, 2.24) is 20.4 Å². The molecule has 1 aliphatic rings. The maximum atomic E-state index is 13.0. The van der Waals surface area contributed by atoms with E-state index < -0.39 is 0 Å². The Kier molecular flexibility index (Phi) is 8.31. The van der Waals surface area contributed by atoms with Crippen LogP contribution in [0.1, 0.15) is 30.7 Å². The second-order valence-corrected chi connectivity index (χ2v) is 8.68. The highest BCUT2D eigenvalue weighted by Crippen LogP contribution is 2.31. The summed E-state index contributed by atoms with van der Waals surface area (Å²) in [5.74, 6) is 1.99. The van der Waals surface area contributed by atoms with Crippen molar-refractivity contribution in [2.24, 2.45) is 5.92 Å². The van der Waals surface area contributed by atoms with Gasteiger partial charge in [-0.15, -0.1) is 0 Å². The highest BCUT2D eigenvalue weighted by Gasteiger charge is 2.26. The SMILES string of the molecule is COc1ccc(-c2noc(CN3CCCC(C(=O)NCCCc4ccc(F)cc4)C3)n2)cc1OC. The number of nitrogens with one attached hydrogen (secondary N) is 1. The molecule has 8 nitrogen and oxygen atoms in total. The Morgan fingerprint density at radius 2 is 1.97 bits per heavy atom. The van der Waals surface area contributed by atoms with Gasteiger partial charge < -0.3 is 19.3 Å². The topological polar surface area (TPSA) is 89.7 Å². The van der Waals surface area contributed by atoms with Crippen LogP contribution >= 0.6 is 0 Å². The Bertz CT molecular complexity index is 1120. The lowest BCUT2D eigenvalue weighted by Crippen LogP contribution is -2.43. The van der Waals surface area contributed by atoms with Gasteiger partial charge in [-0.05, 0) is 68.1 Å². The van der Waals surface area contributed by atoms with Crippen LogP contribution in [-0.2, 0) is 17.8 Å². The summed E-state index contributed by atoms with van der Waals surface area (Å²) in [7, 11) is 3.17. The summed E-state index contributed by atoms with van der Waals surface area (Å²) in [6.45, 7) is 2.62. The van der Waals surface area contributed by atoms with Crippen molar-refractivity contribution >= 4 is 5.91 Å². The van der Waals surface area contributed by atoms with E-state index in [-0.39, 0.29) is 17.6 Å². The van der Waals surface area contributed by atoms with Crippen molar-refractivity contribution in [3.8, 4) is 22.9 Å². The number of ether oxygens (including phenoxy) is 2. The van der Waals surface area contributed by atoms with E-state index in [4.69, 9.17) is 14.0 Å². The predicted molar refractivity (Wildman–Crippen MR) is 129 cm³/mol. The summed E-state index contributed by atoms with van der Waals surface area (Å²) >= 11 is 0. The smallest absolute Gasteiger partial charge is 0.241 e. The van der Waals surface area contributed by atoms with Crippen LogP contribution in [0.4, 0.5) is 4.39 Å². The minimum absolute atomic E-state index is 0.0668. The molecule has 1 fully saturated rings. The number of halogens is 1. The molecule has 1 unspecified atom stereocenters. The Hall–Kier alpha value is -3.46. The minimum atomic E-state index is -0.235. The zero-order valence-corrected chi connectivity index (χ0v) is 20.1. The number of benzene rings is 2. The van der Waals surface area contributed by atoms with E-state index in [1.54, 1.807) is 32.4 Å². The number of aromatic nitrogens is 2. The number of hydrogen-bond acceptors (Lipinski definition) is 7. The Balaban J connectivity index is 1.26. The number of carbonyl (C=O) groups is 1. The molecule has 0 radical (unpaired) electrons. The number of hydrogen-bond donors (Lipinski definition) is 1. The highest BCUT2D eigenvalue weighted by atomic mass is 19.1. The number of nitrogens with zero attached hydrogens (tertiary/aromatic N) is 3. The molecule has 0 saturated carbocycles. The monoisotopic (exact) mass is 482 g/mol. The van der Waals surface area contributed by atoms with E-state index in [9.17, 15) is 9.18 Å². The number of methoxy groups -OCH3 is 2. The molecule has 35 heavy (non-hydrogen) atoms. The van der Waals surface area contributed by atoms with E-state index in [2.05, 4.69) is 20.4 Å². The molecule has 1 aromatic heterocycles. The van der Waals surface area contributed by atoms with Crippen LogP contribution < -0.4 is 14.8 Å². The third kappa shape index (κ3) is 6.57. The number of amides is 1. The molecule has 4 rings (SSSR count). The molecule has 0 aliphatic carbocycles. The van der Waals surface area contributed by atoms with Crippen molar-refractivity contribution in [2.45, 2.75) is 32.2 Å². The van der Waals surface area contributed by atoms with Crippen LogP contribution in [-0.4, -0.2) is 54.8 Å². The van der Waals surface area contributed by atoms with Gasteiger partial charge in [-0.3, -0.25) is 9.69 Å². The largest absolute Gasteiger partial charge is 0.493 e. The van der Waals surface area contributed by atoms with Crippen molar-refractivity contribution in [3.05, 3.63) is 59.7 Å². The molecule has 2 heterocycles. The van der Waals surface area contributed by atoms with E-state index in [1.807, 2.05) is 12.1 Å². The van der Waals surface area contributed by atoms with E-state index in [0.717, 1.165) is 43.4 Å². The first-order chi connectivity index (χ1) is 17.1. The molecule has 9 heteroatoms. The van der Waals surface area contributed by atoms with Gasteiger partial charge >= 0.3 is 0 Å². The number of likely N-dealkylation sites (tertiary alicyclic amines) is 1. The maximum absolute atomic E-state index is 13.0. The fourth-order valence-electron chi connectivity index (χ4n) is 4.32. The quantitative estimate of drug-likeness (QED) is 0.439. The Morgan fingerprint density at radius 1 is 1.17 bits per heavy atom. The van der Waals surface area contributed by atoms with Crippen LogP contribution in [0.2, 0.25) is 0 Å². The summed E-state index contributed by atoms with van der Waals surface area (Å²) in [6, 6.07) is 12.0. The van der Waals surface area contributed by atoms with Gasteiger partial charge in [0.05, 0.1) is 26.7 Å². The predicted octanol–water partition coefficient (Wildman–Crippen LogP) is 3.85. The number of rotatable bonds is 10. The summed E-state index contributed by atoms with van der Waals surface area (Å²) < 4.78 is 29.1. The third-order valence-electron chi connectivity index (χ3n) is 6.20. The summed E-state index contributed by atoms with van der Waals surface area (Å²) in [5.41, 5.74) is 1.84. The van der Waals surface area contributed by atoms with Gasteiger partial charge in [0.25, 0.3) is 0 Å². The molecular weight excluding hydrogens is 451 g/mol. The van der Waals surface area contributed by atoms with Crippen molar-refractivity contribution in [3.63, 3.8) is 0 Å². The molecule has 2 aromatic carbocycles. The molecule has 0 spiro atoms. The standard InChI is InChI=1S/C26H31FN4O4/c1-33-22-12-9-19(15-23(22)34-2)25-29-24(35-30-25)17-31-14-4-6-20(16-31)26(32)28-13-3-5-18-7-10-21(27)11-8-18/h7-12,15,20H,3-6,13-14,16-17H2,1-2H3,(H,28,32). The lowest BCUT2D eigenvalue weighted by molar-refractivity contribution is -0.126. The van der Waals surface area contributed by atoms with Gasteiger partial charge in [0.1, 0.15) is 5.82 Å². The summed E-state index contributed by atoms with van der Waals surface area (Å²) in [6.07, 6.45) is 3.41. The first-order valence-corrected chi connectivity index (χ1v) is 11.8. The second kappa shape index (κ2) is 11.8. The van der Waals surface area contributed by atoms with Gasteiger partial charge in [0.15, 0.2) is 11.5 Å². The molecule has 1 aliphatic heterocycles. The minimum Gasteiger partial charge on any atom is -0.493 e.